The second-order valence-electron chi connectivity index (χ2n) is 17.4. The van der Waals surface area contributed by atoms with Gasteiger partial charge in [0.2, 0.25) is 18.0 Å². The number of methoxy groups -OCH3 is 2. The standard InChI is InChI=1S/C49H53N9O7/c1-27(2)41(54-48(61)63-5)45(59)56-20-10-14-37(56)43-50-25-34(52-43)30-17-19-36-32(22-30)23-39-33-18-16-31(24-40(33)65-47(58(36)39)29-12-8-7-9-13-29)35-26-51-44(53-35)38-15-11-21-57(38)46(60)42(28(3)4)55-49(62)64-6/h7-9,11-13,15-19,22-28,37-38,41-42,47H,10,14,20-21H2,1-6H3,(H,50,52)(H,51,53)(H,54,61)(H,55,62)/t37?,38?,41-,42-,47?/m0/s1. The van der Waals surface area contributed by atoms with Gasteiger partial charge in [0, 0.05) is 40.7 Å². The Labute approximate surface area is 376 Å². The van der Waals surface area contributed by atoms with Crippen LogP contribution in [0.25, 0.3) is 44.7 Å². The molecule has 336 valence electrons. The Hall–Kier alpha value is -7.36. The fraction of sp³-hybridized carbons (Fsp3) is 0.347. The van der Waals surface area contributed by atoms with Crippen LogP contribution in [0.4, 0.5) is 9.59 Å². The molecule has 6 heterocycles. The lowest BCUT2D eigenvalue weighted by Gasteiger charge is -2.30. The Bertz CT molecular complexity index is 2790. The summed E-state index contributed by atoms with van der Waals surface area (Å²) in [6, 6.07) is 22.6. The van der Waals surface area contributed by atoms with E-state index in [9.17, 15) is 19.2 Å². The van der Waals surface area contributed by atoms with Crippen molar-refractivity contribution in [2.45, 2.75) is 70.9 Å². The van der Waals surface area contributed by atoms with Crippen LogP contribution in [0.1, 0.15) is 76.1 Å². The molecule has 3 aliphatic rings. The lowest BCUT2D eigenvalue weighted by molar-refractivity contribution is -0.136. The van der Waals surface area contributed by atoms with E-state index in [-0.39, 0.29) is 29.7 Å². The summed E-state index contributed by atoms with van der Waals surface area (Å²) in [5.41, 5.74) is 7.33. The van der Waals surface area contributed by atoms with Gasteiger partial charge in [-0.1, -0.05) is 82.3 Å². The number of carbonyl (C=O) groups is 4. The van der Waals surface area contributed by atoms with Crippen LogP contribution >= 0.6 is 0 Å². The molecular weight excluding hydrogens is 827 g/mol. The number of imidazole rings is 2. The molecule has 3 aliphatic heterocycles. The van der Waals surface area contributed by atoms with Crippen molar-refractivity contribution in [3.8, 4) is 39.5 Å². The molecule has 3 unspecified atom stereocenters. The number of benzene rings is 3. The SMILES string of the molecule is COC(=O)N[C@H](C(=O)N1CC=CC1c1ncc(-c2ccc3c(c2)OC(c2ccccc2)n2c-3cc3cc(-c4cnc(C5CCCN5C(=O)[C@@H](NC(=O)OC)C(C)C)[nH]4)ccc32)[nH]1)C(C)C. The third kappa shape index (κ3) is 8.08. The summed E-state index contributed by atoms with van der Waals surface area (Å²) in [5, 5.41) is 6.42. The Morgan fingerprint density at radius 2 is 1.40 bits per heavy atom. The van der Waals surface area contributed by atoms with Crippen LogP contribution in [0.5, 0.6) is 5.75 Å². The smallest absolute Gasteiger partial charge is 0.407 e. The molecule has 3 aromatic heterocycles. The predicted molar refractivity (Wildman–Crippen MR) is 243 cm³/mol. The van der Waals surface area contributed by atoms with Gasteiger partial charge >= 0.3 is 12.2 Å². The van der Waals surface area contributed by atoms with Gasteiger partial charge in [-0.15, -0.1) is 0 Å². The maximum Gasteiger partial charge on any atom is 0.407 e. The number of hydrogen-bond donors (Lipinski definition) is 4. The quantitative estimate of drug-likeness (QED) is 0.0939. The third-order valence-corrected chi connectivity index (χ3v) is 12.6. The summed E-state index contributed by atoms with van der Waals surface area (Å²) in [6.45, 7) is 8.52. The van der Waals surface area contributed by atoms with E-state index >= 15 is 0 Å². The van der Waals surface area contributed by atoms with Gasteiger partial charge in [0.25, 0.3) is 0 Å². The average Bonchev–Trinajstić information content (AvgIpc) is 4.18. The first-order valence-corrected chi connectivity index (χ1v) is 22.0. The van der Waals surface area contributed by atoms with E-state index in [1.165, 1.54) is 14.2 Å². The van der Waals surface area contributed by atoms with E-state index in [1.54, 1.807) is 11.1 Å². The molecule has 0 radical (unpaired) electrons. The highest BCUT2D eigenvalue weighted by molar-refractivity contribution is 5.93. The van der Waals surface area contributed by atoms with Crippen LogP contribution in [0.3, 0.4) is 0 Å². The average molecular weight is 880 g/mol. The molecule has 0 aliphatic carbocycles. The van der Waals surface area contributed by atoms with Crippen molar-refractivity contribution >= 4 is 34.9 Å². The molecule has 65 heavy (non-hydrogen) atoms. The summed E-state index contributed by atoms with van der Waals surface area (Å²) in [5.74, 6) is 1.35. The summed E-state index contributed by atoms with van der Waals surface area (Å²) in [6.07, 6.45) is 7.28. The number of amides is 4. The number of likely N-dealkylation sites (tertiary alicyclic amines) is 1. The van der Waals surface area contributed by atoms with Gasteiger partial charge in [-0.2, -0.15) is 0 Å². The topological polar surface area (TPSA) is 189 Å². The zero-order chi connectivity index (χ0) is 45.5. The highest BCUT2D eigenvalue weighted by Gasteiger charge is 2.39. The lowest BCUT2D eigenvalue weighted by atomic mass is 10.0. The number of nitrogens with zero attached hydrogens (tertiary/aromatic N) is 5. The maximum absolute atomic E-state index is 13.8. The molecule has 1 saturated heterocycles. The molecule has 9 rings (SSSR count). The van der Waals surface area contributed by atoms with Crippen molar-refractivity contribution in [2.75, 3.05) is 27.3 Å². The van der Waals surface area contributed by atoms with Crippen LogP contribution in [0.15, 0.2) is 97.3 Å². The summed E-state index contributed by atoms with van der Waals surface area (Å²) < 4.78 is 18.7. The maximum atomic E-state index is 13.8. The fourth-order valence-electron chi connectivity index (χ4n) is 9.21. The minimum absolute atomic E-state index is 0.130. The lowest BCUT2D eigenvalue weighted by Crippen LogP contribution is -2.51. The first kappa shape index (κ1) is 42.9. The van der Waals surface area contributed by atoms with Crippen molar-refractivity contribution in [1.29, 1.82) is 0 Å². The van der Waals surface area contributed by atoms with E-state index in [0.717, 1.165) is 63.1 Å². The van der Waals surface area contributed by atoms with Crippen LogP contribution in [-0.4, -0.2) is 97.7 Å². The van der Waals surface area contributed by atoms with Gasteiger partial charge in [0.1, 0.15) is 35.5 Å². The van der Waals surface area contributed by atoms with Gasteiger partial charge in [0.15, 0.2) is 0 Å². The highest BCUT2D eigenvalue weighted by Crippen LogP contribution is 2.46. The molecule has 5 atom stereocenters. The van der Waals surface area contributed by atoms with Crippen molar-refractivity contribution in [3.63, 3.8) is 0 Å². The van der Waals surface area contributed by atoms with Crippen LogP contribution in [-0.2, 0) is 19.1 Å². The van der Waals surface area contributed by atoms with Gasteiger partial charge in [-0.25, -0.2) is 19.6 Å². The normalized spacial score (nSPS) is 18.6. The largest absolute Gasteiger partial charge is 0.465 e. The van der Waals surface area contributed by atoms with E-state index < -0.39 is 36.5 Å². The van der Waals surface area contributed by atoms with Gasteiger partial charge in [0.05, 0.1) is 55.3 Å². The molecule has 6 aromatic rings. The number of H-pyrrole nitrogens is 2. The van der Waals surface area contributed by atoms with Gasteiger partial charge in [-0.05, 0) is 55.0 Å². The molecule has 0 saturated carbocycles. The van der Waals surface area contributed by atoms with Crippen molar-refractivity contribution in [1.82, 2.24) is 44.9 Å². The number of aromatic nitrogens is 5. The Morgan fingerprint density at radius 1 is 0.769 bits per heavy atom. The first-order chi connectivity index (χ1) is 31.4. The van der Waals surface area contributed by atoms with Crippen molar-refractivity contribution in [3.05, 3.63) is 115 Å². The predicted octanol–water partition coefficient (Wildman–Crippen LogP) is 7.89. The zero-order valence-electron chi connectivity index (χ0n) is 37.2. The minimum atomic E-state index is -0.760. The minimum Gasteiger partial charge on any atom is -0.465 e. The van der Waals surface area contributed by atoms with Gasteiger partial charge < -0.3 is 49.2 Å². The number of alkyl carbamates (subject to hydrolysis) is 2. The number of nitrogens with one attached hydrogen (secondary N) is 4. The van der Waals surface area contributed by atoms with Crippen LogP contribution < -0.4 is 15.4 Å². The van der Waals surface area contributed by atoms with E-state index in [4.69, 9.17) is 24.2 Å². The Kier molecular flexibility index (Phi) is 11.7. The second-order valence-corrected chi connectivity index (χ2v) is 17.4. The third-order valence-electron chi connectivity index (χ3n) is 12.6. The summed E-state index contributed by atoms with van der Waals surface area (Å²) >= 11 is 0. The molecule has 3 aromatic carbocycles. The molecule has 16 heteroatoms. The molecule has 1 fully saturated rings. The number of fused-ring (bicyclic) bond motifs is 5. The molecule has 16 nitrogen and oxygen atoms in total. The molecule has 0 spiro atoms. The second kappa shape index (κ2) is 17.7. The van der Waals surface area contributed by atoms with Crippen molar-refractivity contribution in [2.24, 2.45) is 11.8 Å². The van der Waals surface area contributed by atoms with Crippen LogP contribution in [0.2, 0.25) is 0 Å². The number of aromatic amines is 2. The molecular formula is C49H53N9O7. The molecule has 4 amide bonds. The summed E-state index contributed by atoms with van der Waals surface area (Å²) in [7, 11) is 2.57. The number of ether oxygens (including phenoxy) is 3. The Morgan fingerprint density at radius 3 is 2.08 bits per heavy atom. The monoisotopic (exact) mass is 879 g/mol. The van der Waals surface area contributed by atoms with E-state index in [2.05, 4.69) is 67.6 Å². The molecule has 4 N–H and O–H groups in total. The highest BCUT2D eigenvalue weighted by atomic mass is 16.5. The van der Waals surface area contributed by atoms with E-state index in [1.807, 2.05) is 81.3 Å². The fourth-order valence-corrected chi connectivity index (χ4v) is 9.21. The number of hydrogen-bond acceptors (Lipinski definition) is 9. The number of carbonyl (C=O) groups excluding carboxylic acids is 4. The Balaban J connectivity index is 1.00. The van der Waals surface area contributed by atoms with Crippen molar-refractivity contribution < 1.29 is 33.4 Å². The van der Waals surface area contributed by atoms with E-state index in [0.29, 0.717) is 30.5 Å². The molecule has 0 bridgehead atoms. The number of rotatable bonds is 11. The first-order valence-electron chi connectivity index (χ1n) is 22.0. The zero-order valence-corrected chi connectivity index (χ0v) is 37.2. The van der Waals surface area contributed by atoms with Gasteiger partial charge in [-0.3, -0.25) is 9.59 Å². The van der Waals surface area contributed by atoms with Crippen LogP contribution in [0, 0.1) is 11.8 Å². The summed E-state index contributed by atoms with van der Waals surface area (Å²) in [4.78, 5) is 71.7.